The normalized spacial score (nSPS) is 16.0. The highest BCUT2D eigenvalue weighted by molar-refractivity contribution is 6.42. The van der Waals surface area contributed by atoms with Crippen LogP contribution in [0.3, 0.4) is 0 Å². The molecule has 0 aromatic heterocycles. The number of ether oxygens (including phenoxy) is 1. The molecule has 1 N–H and O–H groups in total. The Balaban J connectivity index is 1.87. The SMILES string of the molecule is CNC(=O)[C@@H]1CN(C(=O)Cc2ccc(Cl)c(Cl)c2)c2ccccc2O1. The van der Waals surface area contributed by atoms with Gasteiger partial charge in [0.25, 0.3) is 5.91 Å². The molecule has 2 amide bonds. The van der Waals surface area contributed by atoms with Crippen molar-refractivity contribution in [3.63, 3.8) is 0 Å². The molecule has 25 heavy (non-hydrogen) atoms. The molecule has 1 aliphatic rings. The van der Waals surface area contributed by atoms with Crippen LogP contribution in [0.15, 0.2) is 42.5 Å². The van der Waals surface area contributed by atoms with Gasteiger partial charge in [-0.05, 0) is 29.8 Å². The van der Waals surface area contributed by atoms with Crippen LogP contribution in [0.25, 0.3) is 0 Å². The number of fused-ring (bicyclic) bond motifs is 1. The third kappa shape index (κ3) is 3.72. The zero-order valence-electron chi connectivity index (χ0n) is 13.5. The number of carbonyl (C=O) groups is 2. The quantitative estimate of drug-likeness (QED) is 0.892. The zero-order valence-corrected chi connectivity index (χ0v) is 15.0. The largest absolute Gasteiger partial charge is 0.477 e. The molecular formula is C18H16Cl2N2O3. The zero-order chi connectivity index (χ0) is 18.0. The van der Waals surface area contributed by atoms with Gasteiger partial charge in [0.05, 0.1) is 28.7 Å². The van der Waals surface area contributed by atoms with Gasteiger partial charge >= 0.3 is 0 Å². The van der Waals surface area contributed by atoms with Crippen molar-refractivity contribution in [2.75, 3.05) is 18.5 Å². The fraction of sp³-hybridized carbons (Fsp3) is 0.222. The summed E-state index contributed by atoms with van der Waals surface area (Å²) >= 11 is 11.9. The summed E-state index contributed by atoms with van der Waals surface area (Å²) in [5, 5.41) is 3.39. The van der Waals surface area contributed by atoms with Crippen molar-refractivity contribution in [2.45, 2.75) is 12.5 Å². The third-order valence-corrected chi connectivity index (χ3v) is 4.69. The number of anilines is 1. The van der Waals surface area contributed by atoms with E-state index < -0.39 is 6.10 Å². The first kappa shape index (κ1) is 17.6. The maximum absolute atomic E-state index is 12.8. The Morgan fingerprint density at radius 1 is 1.20 bits per heavy atom. The van der Waals surface area contributed by atoms with Crippen LogP contribution in [0, 0.1) is 0 Å². The topological polar surface area (TPSA) is 58.6 Å². The molecule has 1 heterocycles. The molecular weight excluding hydrogens is 363 g/mol. The van der Waals surface area contributed by atoms with Crippen LogP contribution in [0.1, 0.15) is 5.56 Å². The van der Waals surface area contributed by atoms with Gasteiger partial charge in [-0.15, -0.1) is 0 Å². The van der Waals surface area contributed by atoms with Crippen molar-refractivity contribution in [1.82, 2.24) is 5.32 Å². The molecule has 0 radical (unpaired) electrons. The minimum Gasteiger partial charge on any atom is -0.477 e. The van der Waals surface area contributed by atoms with Gasteiger partial charge in [-0.1, -0.05) is 41.4 Å². The Hall–Kier alpha value is -2.24. The summed E-state index contributed by atoms with van der Waals surface area (Å²) in [6, 6.07) is 12.2. The Labute approximate surface area is 155 Å². The molecule has 0 bridgehead atoms. The van der Waals surface area contributed by atoms with E-state index in [0.717, 1.165) is 5.56 Å². The second-order valence-electron chi connectivity index (χ2n) is 5.62. The van der Waals surface area contributed by atoms with Crippen LogP contribution in [0.2, 0.25) is 10.0 Å². The molecule has 0 saturated carbocycles. The number of rotatable bonds is 3. The highest BCUT2D eigenvalue weighted by atomic mass is 35.5. The Bertz CT molecular complexity index is 826. The summed E-state index contributed by atoms with van der Waals surface area (Å²) < 4.78 is 5.71. The van der Waals surface area contributed by atoms with E-state index in [4.69, 9.17) is 27.9 Å². The standard InChI is InChI=1S/C18H16Cl2N2O3/c1-21-18(24)16-10-22(14-4-2-3-5-15(14)25-16)17(23)9-11-6-7-12(19)13(20)8-11/h2-8,16H,9-10H2,1H3,(H,21,24)/t16-/m0/s1. The number of likely N-dealkylation sites (N-methyl/N-ethyl adjacent to an activating group) is 1. The lowest BCUT2D eigenvalue weighted by Crippen LogP contribution is -2.50. The van der Waals surface area contributed by atoms with Gasteiger partial charge in [-0.3, -0.25) is 9.59 Å². The first-order valence-electron chi connectivity index (χ1n) is 7.71. The van der Waals surface area contributed by atoms with Crippen LogP contribution >= 0.6 is 23.2 Å². The average Bonchev–Trinajstić information content (AvgIpc) is 2.63. The number of hydrogen-bond acceptors (Lipinski definition) is 3. The van der Waals surface area contributed by atoms with Crippen LogP contribution in [-0.2, 0) is 16.0 Å². The summed E-state index contributed by atoms with van der Waals surface area (Å²) in [4.78, 5) is 26.4. The van der Waals surface area contributed by atoms with Crippen LogP contribution in [-0.4, -0.2) is 31.5 Å². The molecule has 1 atom stereocenters. The van der Waals surface area contributed by atoms with Gasteiger partial charge in [0.2, 0.25) is 5.91 Å². The summed E-state index contributed by atoms with van der Waals surface area (Å²) in [5.41, 5.74) is 1.40. The number of halogens is 2. The maximum atomic E-state index is 12.8. The predicted octanol–water partition coefficient (Wildman–Crippen LogP) is 3.08. The molecule has 0 spiro atoms. The summed E-state index contributed by atoms with van der Waals surface area (Å²) in [5.74, 6) is 0.0784. The first-order chi connectivity index (χ1) is 12.0. The fourth-order valence-electron chi connectivity index (χ4n) is 2.69. The number of para-hydroxylation sites is 2. The van der Waals surface area contributed by atoms with Gasteiger partial charge in [-0.25, -0.2) is 0 Å². The number of hydrogen-bond donors (Lipinski definition) is 1. The van der Waals surface area contributed by atoms with Gasteiger partial charge in [-0.2, -0.15) is 0 Å². The van der Waals surface area contributed by atoms with Crippen molar-refractivity contribution < 1.29 is 14.3 Å². The van der Waals surface area contributed by atoms with E-state index in [0.29, 0.717) is 21.5 Å². The molecule has 3 rings (SSSR count). The van der Waals surface area contributed by atoms with Crippen LogP contribution < -0.4 is 15.0 Å². The summed E-state index contributed by atoms with van der Waals surface area (Å²) in [7, 11) is 1.54. The van der Waals surface area contributed by atoms with Gasteiger partial charge in [0, 0.05) is 7.05 Å². The highest BCUT2D eigenvalue weighted by Crippen LogP contribution is 2.33. The molecule has 2 aromatic rings. The molecule has 0 fully saturated rings. The highest BCUT2D eigenvalue weighted by Gasteiger charge is 2.33. The lowest BCUT2D eigenvalue weighted by atomic mass is 10.1. The van der Waals surface area contributed by atoms with Crippen LogP contribution in [0.4, 0.5) is 5.69 Å². The summed E-state index contributed by atoms with van der Waals surface area (Å²) in [6.45, 7) is 0.150. The first-order valence-corrected chi connectivity index (χ1v) is 8.46. The van der Waals surface area contributed by atoms with Crippen molar-refractivity contribution >= 4 is 40.7 Å². The molecule has 0 saturated heterocycles. The van der Waals surface area contributed by atoms with Gasteiger partial charge in [0.15, 0.2) is 6.10 Å². The Morgan fingerprint density at radius 2 is 1.96 bits per heavy atom. The molecule has 130 valence electrons. The molecule has 1 aliphatic heterocycles. The van der Waals surface area contributed by atoms with E-state index in [-0.39, 0.29) is 24.8 Å². The van der Waals surface area contributed by atoms with E-state index in [2.05, 4.69) is 5.32 Å². The monoisotopic (exact) mass is 378 g/mol. The third-order valence-electron chi connectivity index (χ3n) is 3.95. The average molecular weight is 379 g/mol. The second kappa shape index (κ2) is 7.33. The number of carbonyl (C=O) groups excluding carboxylic acids is 2. The number of nitrogens with one attached hydrogen (secondary N) is 1. The molecule has 2 aromatic carbocycles. The van der Waals surface area contributed by atoms with Crippen molar-refractivity contribution in [2.24, 2.45) is 0 Å². The van der Waals surface area contributed by atoms with E-state index in [1.807, 2.05) is 6.07 Å². The molecule has 7 heteroatoms. The number of amides is 2. The van der Waals surface area contributed by atoms with E-state index in [1.165, 1.54) is 7.05 Å². The molecule has 0 unspecified atom stereocenters. The summed E-state index contributed by atoms with van der Waals surface area (Å²) in [6.07, 6.45) is -0.608. The van der Waals surface area contributed by atoms with Gasteiger partial charge in [0.1, 0.15) is 5.75 Å². The van der Waals surface area contributed by atoms with Crippen LogP contribution in [0.5, 0.6) is 5.75 Å². The molecule has 5 nitrogen and oxygen atoms in total. The number of nitrogens with zero attached hydrogens (tertiary/aromatic N) is 1. The van der Waals surface area contributed by atoms with E-state index >= 15 is 0 Å². The number of benzene rings is 2. The minimum atomic E-state index is -0.752. The van der Waals surface area contributed by atoms with E-state index in [9.17, 15) is 9.59 Å². The fourth-order valence-corrected chi connectivity index (χ4v) is 3.01. The minimum absolute atomic E-state index is 0.145. The second-order valence-corrected chi connectivity index (χ2v) is 6.43. The predicted molar refractivity (Wildman–Crippen MR) is 97.4 cm³/mol. The smallest absolute Gasteiger partial charge is 0.262 e. The lowest BCUT2D eigenvalue weighted by molar-refractivity contribution is -0.127. The van der Waals surface area contributed by atoms with Crippen molar-refractivity contribution in [3.05, 3.63) is 58.1 Å². The van der Waals surface area contributed by atoms with E-state index in [1.54, 1.807) is 41.3 Å². The van der Waals surface area contributed by atoms with Gasteiger partial charge < -0.3 is 15.0 Å². The lowest BCUT2D eigenvalue weighted by Gasteiger charge is -2.34. The maximum Gasteiger partial charge on any atom is 0.262 e. The van der Waals surface area contributed by atoms with Crippen molar-refractivity contribution in [1.29, 1.82) is 0 Å². The Kier molecular flexibility index (Phi) is 5.16. The van der Waals surface area contributed by atoms with Crippen molar-refractivity contribution in [3.8, 4) is 5.75 Å². The Morgan fingerprint density at radius 3 is 2.68 bits per heavy atom. The molecule has 0 aliphatic carbocycles.